The first-order valence-electron chi connectivity index (χ1n) is 11.1. The summed E-state index contributed by atoms with van der Waals surface area (Å²) < 4.78 is 24.5. The van der Waals surface area contributed by atoms with E-state index in [0.29, 0.717) is 6.61 Å². The van der Waals surface area contributed by atoms with Crippen molar-refractivity contribution in [2.24, 2.45) is 0 Å². The van der Waals surface area contributed by atoms with Gasteiger partial charge in [-0.15, -0.1) is 0 Å². The third kappa shape index (κ3) is 4.87. The molecule has 4 rings (SSSR count). The first-order valence-corrected chi connectivity index (χ1v) is 11.1. The number of fused-ring (bicyclic) bond motifs is 1. The Hall–Kier alpha value is -2.29. The molecule has 1 unspecified atom stereocenters. The van der Waals surface area contributed by atoms with Crippen molar-refractivity contribution >= 4 is 5.91 Å². The Balaban J connectivity index is 1.64. The maximum Gasteiger partial charge on any atom is 0.220 e. The molecule has 32 heavy (non-hydrogen) atoms. The van der Waals surface area contributed by atoms with Crippen LogP contribution >= 0.6 is 0 Å². The van der Waals surface area contributed by atoms with Gasteiger partial charge in [0.1, 0.15) is 24.4 Å². The van der Waals surface area contributed by atoms with E-state index in [2.05, 4.69) is 0 Å². The summed E-state index contributed by atoms with van der Waals surface area (Å²) in [6.07, 6.45) is -3.44. The summed E-state index contributed by atoms with van der Waals surface area (Å²) in [5, 5.41) is 10.9. The van der Waals surface area contributed by atoms with Crippen LogP contribution in [-0.4, -0.2) is 59.2 Å². The van der Waals surface area contributed by atoms with Crippen molar-refractivity contribution in [2.75, 3.05) is 6.61 Å². The average molecular weight is 442 g/mol. The lowest BCUT2D eigenvalue weighted by Gasteiger charge is -2.51. The molecule has 0 saturated carbocycles. The van der Waals surface area contributed by atoms with Gasteiger partial charge in [-0.3, -0.25) is 4.79 Å². The highest BCUT2D eigenvalue weighted by molar-refractivity contribution is 5.74. The van der Waals surface area contributed by atoms with Crippen molar-refractivity contribution < 1.29 is 28.8 Å². The average Bonchev–Trinajstić information content (AvgIpc) is 2.79. The second kappa shape index (κ2) is 10.1. The SMILES string of the molecule is CC(=O)N(C(C)C)[C@@H]1[C@H](OCc2ccccc2)[C@@H]2OC(c3ccccc3)OC[C@H]2O[C@@H]1O. The number of aliphatic hydroxyl groups excluding tert-OH is 1. The van der Waals surface area contributed by atoms with Gasteiger partial charge in [0, 0.05) is 18.5 Å². The standard InChI is InChI=1S/C25H31NO6/c1-16(2)26(17(3)27)21-23(29-14-18-10-6-4-7-11-18)22-20(31-24(21)28)15-30-25(32-22)19-12-8-5-9-13-19/h4-13,16,20-25,28H,14-15H2,1-3H3/t20-,21-,22-,23+,24+,25?/m1/s1. The zero-order chi connectivity index (χ0) is 22.7. The number of carbonyl (C=O) groups is 1. The van der Waals surface area contributed by atoms with E-state index < -0.39 is 36.9 Å². The molecule has 1 N–H and O–H groups in total. The van der Waals surface area contributed by atoms with Gasteiger partial charge >= 0.3 is 0 Å². The maximum absolute atomic E-state index is 12.5. The predicted molar refractivity (Wildman–Crippen MR) is 117 cm³/mol. The smallest absolute Gasteiger partial charge is 0.220 e. The molecule has 172 valence electrons. The van der Waals surface area contributed by atoms with Crippen LogP contribution in [-0.2, 0) is 30.3 Å². The number of aliphatic hydroxyl groups is 1. The zero-order valence-electron chi connectivity index (χ0n) is 18.7. The summed E-state index contributed by atoms with van der Waals surface area (Å²) >= 11 is 0. The Morgan fingerprint density at radius 3 is 2.38 bits per heavy atom. The van der Waals surface area contributed by atoms with Crippen LogP contribution in [0.15, 0.2) is 60.7 Å². The lowest BCUT2D eigenvalue weighted by atomic mass is 9.93. The van der Waals surface area contributed by atoms with Crippen LogP contribution in [0, 0.1) is 0 Å². The number of ether oxygens (including phenoxy) is 4. The molecule has 7 nitrogen and oxygen atoms in total. The van der Waals surface area contributed by atoms with Crippen LogP contribution in [0.25, 0.3) is 0 Å². The van der Waals surface area contributed by atoms with Crippen molar-refractivity contribution in [2.45, 2.75) is 70.4 Å². The summed E-state index contributed by atoms with van der Waals surface area (Å²) in [4.78, 5) is 14.2. The molecule has 2 aromatic rings. The van der Waals surface area contributed by atoms with Gasteiger partial charge in [-0.1, -0.05) is 60.7 Å². The largest absolute Gasteiger partial charge is 0.368 e. The molecule has 2 fully saturated rings. The second-order valence-corrected chi connectivity index (χ2v) is 8.51. The lowest BCUT2D eigenvalue weighted by molar-refractivity contribution is -0.352. The van der Waals surface area contributed by atoms with E-state index in [1.807, 2.05) is 74.5 Å². The van der Waals surface area contributed by atoms with E-state index in [4.69, 9.17) is 18.9 Å². The van der Waals surface area contributed by atoms with Crippen molar-refractivity contribution in [3.63, 3.8) is 0 Å². The van der Waals surface area contributed by atoms with Crippen LogP contribution < -0.4 is 0 Å². The highest BCUT2D eigenvalue weighted by Gasteiger charge is 2.53. The fourth-order valence-electron chi connectivity index (χ4n) is 4.53. The lowest BCUT2D eigenvalue weighted by Crippen LogP contribution is -2.68. The monoisotopic (exact) mass is 441 g/mol. The van der Waals surface area contributed by atoms with Gasteiger partial charge in [-0.2, -0.15) is 0 Å². The molecule has 0 bridgehead atoms. The third-order valence-corrected chi connectivity index (χ3v) is 5.92. The first kappa shape index (κ1) is 22.9. The van der Waals surface area contributed by atoms with Crippen LogP contribution in [0.3, 0.4) is 0 Å². The number of rotatable bonds is 6. The van der Waals surface area contributed by atoms with Gasteiger partial charge in [-0.25, -0.2) is 0 Å². The van der Waals surface area contributed by atoms with Crippen LogP contribution in [0.5, 0.6) is 0 Å². The number of hydrogen-bond acceptors (Lipinski definition) is 6. The molecule has 7 heteroatoms. The molecule has 0 spiro atoms. The van der Waals surface area contributed by atoms with Crippen LogP contribution in [0.1, 0.15) is 38.2 Å². The molecule has 2 aliphatic heterocycles. The third-order valence-electron chi connectivity index (χ3n) is 5.92. The number of hydrogen-bond donors (Lipinski definition) is 1. The van der Waals surface area contributed by atoms with E-state index in [-0.39, 0.29) is 18.6 Å². The van der Waals surface area contributed by atoms with E-state index >= 15 is 0 Å². The summed E-state index contributed by atoms with van der Waals surface area (Å²) in [5.74, 6) is -0.161. The second-order valence-electron chi connectivity index (χ2n) is 8.51. The molecular weight excluding hydrogens is 410 g/mol. The number of carbonyl (C=O) groups excluding carboxylic acids is 1. The fourth-order valence-corrected chi connectivity index (χ4v) is 4.53. The minimum Gasteiger partial charge on any atom is -0.368 e. The van der Waals surface area contributed by atoms with Crippen LogP contribution in [0.4, 0.5) is 0 Å². The van der Waals surface area contributed by atoms with Crippen molar-refractivity contribution in [1.29, 1.82) is 0 Å². The molecule has 2 aromatic carbocycles. The van der Waals surface area contributed by atoms with Gasteiger partial charge in [0.2, 0.25) is 5.91 Å². The Morgan fingerprint density at radius 1 is 1.09 bits per heavy atom. The molecule has 2 heterocycles. The number of nitrogens with zero attached hydrogens (tertiary/aromatic N) is 1. The number of amides is 1. The van der Waals surface area contributed by atoms with Crippen molar-refractivity contribution in [1.82, 2.24) is 4.90 Å². The highest BCUT2D eigenvalue weighted by Crippen LogP contribution is 2.37. The Bertz CT molecular complexity index is 877. The molecule has 1 amide bonds. The normalized spacial score (nSPS) is 30.0. The van der Waals surface area contributed by atoms with Crippen LogP contribution in [0.2, 0.25) is 0 Å². The quantitative estimate of drug-likeness (QED) is 0.743. The van der Waals surface area contributed by atoms with Gasteiger partial charge in [0.25, 0.3) is 0 Å². The molecule has 0 aromatic heterocycles. The van der Waals surface area contributed by atoms with E-state index in [0.717, 1.165) is 11.1 Å². The Morgan fingerprint density at radius 2 is 1.75 bits per heavy atom. The topological polar surface area (TPSA) is 77.5 Å². The maximum atomic E-state index is 12.5. The molecule has 0 radical (unpaired) electrons. The van der Waals surface area contributed by atoms with Gasteiger partial charge < -0.3 is 29.0 Å². The van der Waals surface area contributed by atoms with Gasteiger partial charge in [0.05, 0.1) is 13.2 Å². The summed E-state index contributed by atoms with van der Waals surface area (Å²) in [5.41, 5.74) is 1.89. The Kier molecular flexibility index (Phi) is 7.23. The summed E-state index contributed by atoms with van der Waals surface area (Å²) in [6, 6.07) is 18.6. The van der Waals surface area contributed by atoms with Gasteiger partial charge in [-0.05, 0) is 19.4 Å². The summed E-state index contributed by atoms with van der Waals surface area (Å²) in [6.45, 7) is 5.88. The number of benzene rings is 2. The van der Waals surface area contributed by atoms with E-state index in [9.17, 15) is 9.90 Å². The van der Waals surface area contributed by atoms with Gasteiger partial charge in [0.15, 0.2) is 12.6 Å². The minimum absolute atomic E-state index is 0.153. The summed E-state index contributed by atoms with van der Waals surface area (Å²) in [7, 11) is 0. The van der Waals surface area contributed by atoms with Crippen molar-refractivity contribution in [3.8, 4) is 0 Å². The molecule has 2 aliphatic rings. The van der Waals surface area contributed by atoms with Crippen molar-refractivity contribution in [3.05, 3.63) is 71.8 Å². The van der Waals surface area contributed by atoms with E-state index in [1.165, 1.54) is 6.92 Å². The Labute approximate surface area is 188 Å². The van der Waals surface area contributed by atoms with E-state index in [1.54, 1.807) is 4.90 Å². The highest BCUT2D eigenvalue weighted by atomic mass is 16.7. The molecule has 2 saturated heterocycles. The molecule has 0 aliphatic carbocycles. The molecule has 6 atom stereocenters. The first-order chi connectivity index (χ1) is 15.5. The fraction of sp³-hybridized carbons (Fsp3) is 0.480. The minimum atomic E-state index is -1.22. The molecular formula is C25H31NO6. The zero-order valence-corrected chi connectivity index (χ0v) is 18.7. The predicted octanol–water partition coefficient (Wildman–Crippen LogP) is 3.03.